The van der Waals surface area contributed by atoms with Gasteiger partial charge < -0.3 is 5.32 Å². The maximum absolute atomic E-state index is 13.3. The van der Waals surface area contributed by atoms with Crippen molar-refractivity contribution in [2.45, 2.75) is 13.3 Å². The molecule has 1 N–H and O–H groups in total. The van der Waals surface area contributed by atoms with Crippen LogP contribution in [0.4, 0.5) is 10.1 Å². The van der Waals surface area contributed by atoms with Crippen LogP contribution in [0.1, 0.15) is 12.0 Å². The van der Waals surface area contributed by atoms with E-state index in [0.29, 0.717) is 23.1 Å². The summed E-state index contributed by atoms with van der Waals surface area (Å²) in [6, 6.07) is 3.09. The van der Waals surface area contributed by atoms with Gasteiger partial charge in [0.2, 0.25) is 0 Å². The van der Waals surface area contributed by atoms with Gasteiger partial charge >= 0.3 is 0 Å². The Morgan fingerprint density at radius 2 is 2.06 bits per heavy atom. The Kier molecular flexibility index (Phi) is 4.94. The highest BCUT2D eigenvalue weighted by molar-refractivity contribution is 9.10. The molecule has 0 heterocycles. The molecule has 0 atom stereocenters. The van der Waals surface area contributed by atoms with Gasteiger partial charge in [-0.25, -0.2) is 12.8 Å². The molecule has 1 rings (SSSR count). The largest absolute Gasteiger partial charge is 0.385 e. The van der Waals surface area contributed by atoms with Gasteiger partial charge in [-0.1, -0.05) is 0 Å². The maximum Gasteiger partial charge on any atom is 0.147 e. The number of aryl methyl sites for hydroxylation is 1. The molecule has 0 spiro atoms. The molecule has 0 amide bonds. The fourth-order valence-electron chi connectivity index (χ4n) is 1.39. The van der Waals surface area contributed by atoms with Crippen LogP contribution in [0.5, 0.6) is 0 Å². The number of anilines is 1. The van der Waals surface area contributed by atoms with Crippen LogP contribution < -0.4 is 5.32 Å². The van der Waals surface area contributed by atoms with Crippen molar-refractivity contribution < 1.29 is 12.8 Å². The summed E-state index contributed by atoms with van der Waals surface area (Å²) >= 11 is 3.11. The topological polar surface area (TPSA) is 46.2 Å². The molecule has 0 aliphatic heterocycles. The number of hydrogen-bond donors (Lipinski definition) is 1. The van der Waals surface area contributed by atoms with Crippen LogP contribution in [0.3, 0.4) is 0 Å². The lowest BCUT2D eigenvalue weighted by molar-refractivity contribution is 0.599. The van der Waals surface area contributed by atoms with Gasteiger partial charge in [0, 0.05) is 18.5 Å². The molecule has 0 saturated heterocycles. The van der Waals surface area contributed by atoms with E-state index in [4.69, 9.17) is 0 Å². The number of rotatable bonds is 5. The molecule has 0 radical (unpaired) electrons. The summed E-state index contributed by atoms with van der Waals surface area (Å²) in [5.41, 5.74) is 1.61. The zero-order valence-corrected chi connectivity index (χ0v) is 12.2. The Morgan fingerprint density at radius 1 is 1.41 bits per heavy atom. The smallest absolute Gasteiger partial charge is 0.147 e. The highest BCUT2D eigenvalue weighted by Gasteiger charge is 2.05. The van der Waals surface area contributed by atoms with E-state index in [2.05, 4.69) is 21.2 Å². The van der Waals surface area contributed by atoms with Crippen molar-refractivity contribution >= 4 is 31.5 Å². The minimum absolute atomic E-state index is 0.137. The summed E-state index contributed by atoms with van der Waals surface area (Å²) in [5.74, 6) is -0.195. The van der Waals surface area contributed by atoms with E-state index in [1.807, 2.05) is 6.92 Å². The Labute approximate surface area is 109 Å². The average Bonchev–Trinajstić information content (AvgIpc) is 2.18. The van der Waals surface area contributed by atoms with E-state index in [1.54, 1.807) is 6.07 Å². The van der Waals surface area contributed by atoms with Gasteiger partial charge in [-0.3, -0.25) is 0 Å². The summed E-state index contributed by atoms with van der Waals surface area (Å²) in [6.45, 7) is 2.37. The lowest BCUT2D eigenvalue weighted by Gasteiger charge is -2.10. The number of benzene rings is 1. The number of halogens is 2. The Hall–Kier alpha value is -0.620. The van der Waals surface area contributed by atoms with Gasteiger partial charge in [-0.2, -0.15) is 0 Å². The molecule has 96 valence electrons. The van der Waals surface area contributed by atoms with E-state index >= 15 is 0 Å². The van der Waals surface area contributed by atoms with Gasteiger partial charge in [-0.15, -0.1) is 0 Å². The Balaban J connectivity index is 2.55. The second-order valence-corrected chi connectivity index (χ2v) is 7.11. The zero-order valence-electron chi connectivity index (χ0n) is 9.76. The van der Waals surface area contributed by atoms with Gasteiger partial charge in [0.25, 0.3) is 0 Å². The van der Waals surface area contributed by atoms with Crippen LogP contribution in [-0.2, 0) is 9.84 Å². The second kappa shape index (κ2) is 5.82. The van der Waals surface area contributed by atoms with Gasteiger partial charge in [0.1, 0.15) is 15.7 Å². The third kappa shape index (κ3) is 5.04. The Bertz CT molecular complexity index is 502. The molecule has 1 aromatic rings. The molecular formula is C11H15BrFNO2S. The standard InChI is InChI=1S/C11H15BrFNO2S/c1-8-6-9(12)10(13)7-11(8)14-4-3-5-17(2,15)16/h6-7,14H,3-5H2,1-2H3. The van der Waals surface area contributed by atoms with Crippen LogP contribution >= 0.6 is 15.9 Å². The molecule has 0 bridgehead atoms. The first-order chi connectivity index (χ1) is 7.79. The first kappa shape index (κ1) is 14.4. The van der Waals surface area contributed by atoms with Crippen LogP contribution in [0.25, 0.3) is 0 Å². The molecular weight excluding hydrogens is 309 g/mol. The van der Waals surface area contributed by atoms with E-state index in [-0.39, 0.29) is 11.6 Å². The molecule has 0 fully saturated rings. The SMILES string of the molecule is Cc1cc(Br)c(F)cc1NCCCS(C)(=O)=O. The molecule has 3 nitrogen and oxygen atoms in total. The van der Waals surface area contributed by atoms with Gasteiger partial charge in [0.05, 0.1) is 10.2 Å². The molecule has 0 aliphatic rings. The third-order valence-electron chi connectivity index (χ3n) is 2.27. The first-order valence-electron chi connectivity index (χ1n) is 5.17. The molecule has 0 aliphatic carbocycles. The highest BCUT2D eigenvalue weighted by atomic mass is 79.9. The summed E-state index contributed by atoms with van der Waals surface area (Å²) < 4.78 is 35.5. The van der Waals surface area contributed by atoms with Crippen LogP contribution in [0.15, 0.2) is 16.6 Å². The quantitative estimate of drug-likeness (QED) is 0.847. The van der Waals surface area contributed by atoms with E-state index < -0.39 is 9.84 Å². The van der Waals surface area contributed by atoms with Crippen LogP contribution in [0.2, 0.25) is 0 Å². The molecule has 0 unspecified atom stereocenters. The van der Waals surface area contributed by atoms with Crippen molar-refractivity contribution in [3.8, 4) is 0 Å². The van der Waals surface area contributed by atoms with Crippen molar-refractivity contribution in [3.63, 3.8) is 0 Å². The normalized spacial score (nSPS) is 11.5. The molecule has 6 heteroatoms. The van der Waals surface area contributed by atoms with E-state index in [9.17, 15) is 12.8 Å². The summed E-state index contributed by atoms with van der Waals surface area (Å²) in [6.07, 6.45) is 1.72. The number of sulfone groups is 1. The van der Waals surface area contributed by atoms with Crippen molar-refractivity contribution in [1.82, 2.24) is 0 Å². The van der Waals surface area contributed by atoms with Crippen molar-refractivity contribution in [3.05, 3.63) is 28.0 Å². The Morgan fingerprint density at radius 3 is 2.65 bits per heavy atom. The monoisotopic (exact) mass is 323 g/mol. The lowest BCUT2D eigenvalue weighted by atomic mass is 10.2. The second-order valence-electron chi connectivity index (χ2n) is 3.99. The van der Waals surface area contributed by atoms with Crippen molar-refractivity contribution in [2.75, 3.05) is 23.9 Å². The molecule has 0 saturated carbocycles. The maximum atomic E-state index is 13.3. The lowest BCUT2D eigenvalue weighted by Crippen LogP contribution is -2.10. The van der Waals surface area contributed by atoms with Crippen LogP contribution in [-0.4, -0.2) is 27.0 Å². The summed E-state index contributed by atoms with van der Waals surface area (Å²) in [7, 11) is -2.93. The summed E-state index contributed by atoms with van der Waals surface area (Å²) in [5, 5.41) is 3.03. The highest BCUT2D eigenvalue weighted by Crippen LogP contribution is 2.23. The zero-order chi connectivity index (χ0) is 13.1. The van der Waals surface area contributed by atoms with Crippen molar-refractivity contribution in [2.24, 2.45) is 0 Å². The third-order valence-corrected chi connectivity index (χ3v) is 3.91. The average molecular weight is 324 g/mol. The fraction of sp³-hybridized carbons (Fsp3) is 0.455. The van der Waals surface area contributed by atoms with E-state index in [1.165, 1.54) is 12.3 Å². The van der Waals surface area contributed by atoms with E-state index in [0.717, 1.165) is 5.56 Å². The fourth-order valence-corrected chi connectivity index (χ4v) is 2.52. The minimum Gasteiger partial charge on any atom is -0.385 e. The van der Waals surface area contributed by atoms with Gasteiger partial charge in [-0.05, 0) is 47.0 Å². The predicted molar refractivity (Wildman–Crippen MR) is 71.7 cm³/mol. The minimum atomic E-state index is -2.93. The molecule has 1 aromatic carbocycles. The molecule has 17 heavy (non-hydrogen) atoms. The van der Waals surface area contributed by atoms with Crippen LogP contribution in [0, 0.1) is 12.7 Å². The molecule has 0 aromatic heterocycles. The first-order valence-corrected chi connectivity index (χ1v) is 8.02. The van der Waals surface area contributed by atoms with Crippen molar-refractivity contribution in [1.29, 1.82) is 0 Å². The number of hydrogen-bond acceptors (Lipinski definition) is 3. The summed E-state index contributed by atoms with van der Waals surface area (Å²) in [4.78, 5) is 0. The predicted octanol–water partition coefficient (Wildman–Crippen LogP) is 2.74. The number of nitrogens with one attached hydrogen (secondary N) is 1. The van der Waals surface area contributed by atoms with Gasteiger partial charge in [0.15, 0.2) is 0 Å².